The van der Waals surface area contributed by atoms with Crippen molar-refractivity contribution in [2.24, 2.45) is 0 Å². The summed E-state index contributed by atoms with van der Waals surface area (Å²) in [6.07, 6.45) is -1.62. The van der Waals surface area contributed by atoms with E-state index in [-0.39, 0.29) is 25.4 Å². The molecule has 1 N–H and O–H groups in total. The number of halogens is 3. The molecule has 0 saturated heterocycles. The number of thiazole rings is 1. The molecule has 16 heavy (non-hydrogen) atoms. The lowest BCUT2D eigenvalue weighted by Crippen LogP contribution is -2.29. The van der Waals surface area contributed by atoms with Gasteiger partial charge in [0.25, 0.3) is 0 Å². The van der Waals surface area contributed by atoms with Crippen molar-refractivity contribution >= 4 is 56.5 Å². The number of amides is 1. The molecule has 4 nitrogen and oxygen atoms in total. The maximum absolute atomic E-state index is 13.4. The van der Waals surface area contributed by atoms with Crippen molar-refractivity contribution in [2.45, 2.75) is 0 Å². The maximum Gasteiger partial charge on any atom is 0.184 e. The molecule has 8 heteroatoms. The van der Waals surface area contributed by atoms with Gasteiger partial charge >= 0.3 is 0 Å². The van der Waals surface area contributed by atoms with Crippen LogP contribution in [0.1, 0.15) is 0 Å². The molecule has 0 atom stereocenters. The van der Waals surface area contributed by atoms with Gasteiger partial charge in [0.05, 0.1) is 15.4 Å². The van der Waals surface area contributed by atoms with E-state index in [1.165, 1.54) is 0 Å². The molecule has 84 valence electrons. The summed E-state index contributed by atoms with van der Waals surface area (Å²) in [7, 11) is 0. The number of carbonyl (C=O) groups excluding carboxylic acids is 1. The first-order chi connectivity index (χ1) is 7.49. The van der Waals surface area contributed by atoms with Gasteiger partial charge in [-0.25, -0.2) is 9.37 Å². The van der Waals surface area contributed by atoms with Gasteiger partial charge in [0.1, 0.15) is 17.4 Å². The number of hydrogen-bond acceptors (Lipinski definition) is 4. The van der Waals surface area contributed by atoms with Crippen LogP contribution in [0.2, 0.25) is 9.49 Å². The largest absolute Gasteiger partial charge is 0.530 e. The zero-order chi connectivity index (χ0) is 11.9. The Morgan fingerprint density at radius 2 is 2.25 bits per heavy atom. The average Bonchev–Trinajstić information content (AvgIpc) is 2.54. The number of nitrogens with one attached hydrogen (secondary N) is 1. The topological polar surface area (TPSA) is 65.0 Å². The Morgan fingerprint density at radius 3 is 2.88 bits per heavy atom. The predicted molar refractivity (Wildman–Crippen MR) is 58.6 cm³/mol. The van der Waals surface area contributed by atoms with Gasteiger partial charge in [-0.3, -0.25) is 0 Å². The van der Waals surface area contributed by atoms with Crippen LogP contribution in [0.15, 0.2) is 6.07 Å². The van der Waals surface area contributed by atoms with Crippen LogP contribution in [0.25, 0.3) is 10.2 Å². The minimum absolute atomic E-state index is 0.0690. The normalized spacial score (nSPS) is 10.7. The van der Waals surface area contributed by atoms with Crippen LogP contribution in [0, 0.1) is 5.82 Å². The molecule has 0 radical (unpaired) electrons. The van der Waals surface area contributed by atoms with Crippen LogP contribution in [0.5, 0.6) is 0 Å². The second kappa shape index (κ2) is 4.04. The molecule has 0 fully saturated rings. The van der Waals surface area contributed by atoms with Crippen molar-refractivity contribution in [3.05, 3.63) is 21.4 Å². The number of carbonyl (C=O) groups is 1. The summed E-state index contributed by atoms with van der Waals surface area (Å²) >= 11 is 12.3. The molecule has 1 aromatic carbocycles. The van der Waals surface area contributed by atoms with Crippen molar-refractivity contribution in [1.82, 2.24) is 4.98 Å². The van der Waals surface area contributed by atoms with Gasteiger partial charge in [0, 0.05) is 0 Å². The third-order valence-electron chi connectivity index (χ3n) is 1.77. The Kier molecular flexibility index (Phi) is 2.88. The number of hydrogen-bond donors (Lipinski definition) is 1. The highest BCUT2D eigenvalue weighted by Gasteiger charge is 2.15. The summed E-state index contributed by atoms with van der Waals surface area (Å²) in [6.45, 7) is 0. The molecule has 0 aliphatic heterocycles. The molecule has 0 saturated carbocycles. The fourth-order valence-corrected chi connectivity index (χ4v) is 2.62. The average molecular weight is 280 g/mol. The second-order valence-electron chi connectivity index (χ2n) is 2.77. The van der Waals surface area contributed by atoms with Crippen molar-refractivity contribution in [1.29, 1.82) is 0 Å². The molecule has 1 amide bonds. The van der Waals surface area contributed by atoms with E-state index in [9.17, 15) is 14.3 Å². The number of aromatic nitrogens is 1. The quantitative estimate of drug-likeness (QED) is 0.872. The summed E-state index contributed by atoms with van der Waals surface area (Å²) in [5, 5.41) is 12.3. The number of nitrogens with zero attached hydrogens (tertiary/aromatic N) is 1. The molecular formula is C8H2Cl2FN2O2S-. The summed E-state index contributed by atoms with van der Waals surface area (Å²) < 4.78 is 13.8. The maximum atomic E-state index is 13.4. The van der Waals surface area contributed by atoms with Crippen molar-refractivity contribution < 1.29 is 14.3 Å². The van der Waals surface area contributed by atoms with Gasteiger partial charge in [-0.05, 0) is 6.07 Å². The summed E-state index contributed by atoms with van der Waals surface area (Å²) in [4.78, 5) is 14.2. The first-order valence-corrected chi connectivity index (χ1v) is 5.48. The standard InChI is InChI=1S/C8H3Cl2FN2O2S/c9-2-1-3(11)5(13-8(14)15)6-4(2)12-7(10)16-6/h1,13H,(H,14,15)/p-1. The van der Waals surface area contributed by atoms with Crippen LogP contribution < -0.4 is 10.4 Å². The van der Waals surface area contributed by atoms with Crippen molar-refractivity contribution in [3.8, 4) is 0 Å². The molecule has 1 heterocycles. The van der Waals surface area contributed by atoms with Crippen LogP contribution in [0.3, 0.4) is 0 Å². The SMILES string of the molecule is O=C([O-])Nc1c(F)cc(Cl)c2nc(Cl)sc12. The third kappa shape index (κ3) is 1.91. The lowest BCUT2D eigenvalue weighted by molar-refractivity contribution is -0.242. The summed E-state index contributed by atoms with van der Waals surface area (Å²) in [5.74, 6) is -0.804. The van der Waals surface area contributed by atoms with Gasteiger partial charge < -0.3 is 15.2 Å². The number of rotatable bonds is 1. The molecule has 2 rings (SSSR count). The first kappa shape index (κ1) is 11.4. The molecule has 1 aromatic heterocycles. The Bertz CT molecular complexity index is 587. The van der Waals surface area contributed by atoms with Crippen molar-refractivity contribution in [3.63, 3.8) is 0 Å². The van der Waals surface area contributed by atoms with Crippen LogP contribution in [-0.4, -0.2) is 11.1 Å². The number of carboxylic acid groups (broad SMARTS) is 1. The van der Waals surface area contributed by atoms with E-state index < -0.39 is 11.9 Å². The monoisotopic (exact) mass is 279 g/mol. The van der Waals surface area contributed by atoms with Crippen LogP contribution in [0.4, 0.5) is 14.9 Å². The predicted octanol–water partition coefficient (Wildman–Crippen LogP) is 2.50. The number of anilines is 1. The van der Waals surface area contributed by atoms with Crippen molar-refractivity contribution in [2.75, 3.05) is 5.32 Å². The molecule has 0 unspecified atom stereocenters. The Morgan fingerprint density at radius 1 is 1.56 bits per heavy atom. The molecule has 0 spiro atoms. The lowest BCUT2D eigenvalue weighted by Gasteiger charge is -2.08. The van der Waals surface area contributed by atoms with Gasteiger partial charge in [0.2, 0.25) is 0 Å². The molecule has 0 aliphatic carbocycles. The first-order valence-electron chi connectivity index (χ1n) is 3.91. The highest BCUT2D eigenvalue weighted by atomic mass is 35.5. The second-order valence-corrected chi connectivity index (χ2v) is 4.76. The van der Waals surface area contributed by atoms with Gasteiger partial charge in [-0.2, -0.15) is 0 Å². The highest BCUT2D eigenvalue weighted by molar-refractivity contribution is 7.22. The fraction of sp³-hybridized carbons (Fsp3) is 0. The van der Waals surface area contributed by atoms with E-state index >= 15 is 0 Å². The van der Waals surface area contributed by atoms with Gasteiger partial charge in [-0.1, -0.05) is 23.2 Å². The molecule has 0 aliphatic rings. The van der Waals surface area contributed by atoms with E-state index in [0.717, 1.165) is 17.4 Å². The van der Waals surface area contributed by atoms with E-state index in [1.54, 1.807) is 0 Å². The zero-order valence-electron chi connectivity index (χ0n) is 7.38. The Balaban J connectivity index is 2.75. The number of fused-ring (bicyclic) bond motifs is 1. The van der Waals surface area contributed by atoms with E-state index in [2.05, 4.69) is 4.98 Å². The summed E-state index contributed by atoms with van der Waals surface area (Å²) in [6, 6.07) is 0.964. The number of benzene rings is 1. The summed E-state index contributed by atoms with van der Waals surface area (Å²) in [5.41, 5.74) is 0.00520. The van der Waals surface area contributed by atoms with Gasteiger partial charge in [-0.15, -0.1) is 11.3 Å². The van der Waals surface area contributed by atoms with E-state index in [0.29, 0.717) is 0 Å². The minimum Gasteiger partial charge on any atom is -0.530 e. The smallest absolute Gasteiger partial charge is 0.184 e. The van der Waals surface area contributed by atoms with E-state index in [1.807, 2.05) is 5.32 Å². The van der Waals surface area contributed by atoms with Crippen LogP contribution in [-0.2, 0) is 0 Å². The molecule has 2 aromatic rings. The minimum atomic E-state index is -1.62. The Labute approximate surface area is 103 Å². The lowest BCUT2D eigenvalue weighted by atomic mass is 10.3. The van der Waals surface area contributed by atoms with Crippen LogP contribution >= 0.6 is 34.5 Å². The molecule has 0 bridgehead atoms. The third-order valence-corrected chi connectivity index (χ3v) is 3.24. The highest BCUT2D eigenvalue weighted by Crippen LogP contribution is 2.37. The Hall–Kier alpha value is -1.11. The zero-order valence-corrected chi connectivity index (χ0v) is 9.71. The molecular weight excluding hydrogens is 278 g/mol. The van der Waals surface area contributed by atoms with E-state index in [4.69, 9.17) is 23.2 Å². The van der Waals surface area contributed by atoms with Gasteiger partial charge in [0.15, 0.2) is 4.47 Å². The fourth-order valence-electron chi connectivity index (χ4n) is 1.20.